The lowest BCUT2D eigenvalue weighted by molar-refractivity contribution is 0.0989. The molecule has 0 radical (unpaired) electrons. The van der Waals surface area contributed by atoms with Crippen molar-refractivity contribution < 1.29 is 9.18 Å². The monoisotopic (exact) mass is 334 g/mol. The minimum absolute atomic E-state index is 0.195. The van der Waals surface area contributed by atoms with Crippen molar-refractivity contribution in [1.82, 2.24) is 0 Å². The number of nitrogens with zero attached hydrogens (tertiary/aromatic N) is 1. The van der Waals surface area contributed by atoms with Gasteiger partial charge in [0.2, 0.25) is 0 Å². The fourth-order valence-corrected chi connectivity index (χ4v) is 2.66. The van der Waals surface area contributed by atoms with E-state index in [-0.39, 0.29) is 5.91 Å². The maximum atomic E-state index is 13.5. The molecule has 5 heteroatoms. The largest absolute Gasteiger partial charge is 0.399 e. The van der Waals surface area contributed by atoms with Crippen molar-refractivity contribution in [3.8, 4) is 0 Å². The summed E-state index contributed by atoms with van der Waals surface area (Å²) in [4.78, 5) is 14.1. The van der Waals surface area contributed by atoms with Crippen molar-refractivity contribution in [2.45, 2.75) is 6.42 Å². The Morgan fingerprint density at radius 2 is 2.05 bits per heavy atom. The van der Waals surface area contributed by atoms with E-state index in [2.05, 4.69) is 15.9 Å². The number of anilines is 2. The van der Waals surface area contributed by atoms with Crippen molar-refractivity contribution in [1.29, 1.82) is 0 Å². The molecule has 1 aliphatic rings. The second-order valence-electron chi connectivity index (χ2n) is 4.72. The van der Waals surface area contributed by atoms with E-state index in [0.717, 1.165) is 17.7 Å². The standard InChI is InChI=1S/C15H12BrFN2O/c16-12-3-1-10(8-13(12)17)15(20)19-6-5-9-7-11(18)2-4-14(9)19/h1-4,7-8H,5-6,18H2. The molecule has 0 saturated carbocycles. The zero-order valence-corrected chi connectivity index (χ0v) is 12.2. The Balaban J connectivity index is 1.95. The predicted molar refractivity (Wildman–Crippen MR) is 80.3 cm³/mol. The average molecular weight is 335 g/mol. The van der Waals surface area contributed by atoms with Gasteiger partial charge in [0.15, 0.2) is 0 Å². The van der Waals surface area contributed by atoms with Gasteiger partial charge in [-0.3, -0.25) is 4.79 Å². The lowest BCUT2D eigenvalue weighted by Crippen LogP contribution is -2.28. The van der Waals surface area contributed by atoms with E-state index in [1.54, 1.807) is 23.1 Å². The summed E-state index contributed by atoms with van der Waals surface area (Å²) in [6, 6.07) is 9.90. The van der Waals surface area contributed by atoms with E-state index in [9.17, 15) is 9.18 Å². The SMILES string of the molecule is Nc1ccc2c(c1)CCN2C(=O)c1ccc(Br)c(F)c1. The average Bonchev–Trinajstić information content (AvgIpc) is 2.84. The lowest BCUT2D eigenvalue weighted by atomic mass is 10.1. The lowest BCUT2D eigenvalue weighted by Gasteiger charge is -2.17. The number of carbonyl (C=O) groups excluding carboxylic acids is 1. The van der Waals surface area contributed by atoms with Gasteiger partial charge in [0.1, 0.15) is 5.82 Å². The van der Waals surface area contributed by atoms with Crippen LogP contribution >= 0.6 is 15.9 Å². The van der Waals surface area contributed by atoms with Gasteiger partial charge in [-0.25, -0.2) is 4.39 Å². The zero-order chi connectivity index (χ0) is 14.3. The third kappa shape index (κ3) is 2.18. The highest BCUT2D eigenvalue weighted by molar-refractivity contribution is 9.10. The highest BCUT2D eigenvalue weighted by atomic mass is 79.9. The van der Waals surface area contributed by atoms with Crippen LogP contribution in [0.1, 0.15) is 15.9 Å². The molecule has 3 rings (SSSR count). The molecule has 0 fully saturated rings. The van der Waals surface area contributed by atoms with E-state index >= 15 is 0 Å². The maximum Gasteiger partial charge on any atom is 0.258 e. The Morgan fingerprint density at radius 1 is 1.25 bits per heavy atom. The number of halogens is 2. The second kappa shape index (κ2) is 4.90. The first kappa shape index (κ1) is 13.1. The molecule has 1 aliphatic heterocycles. The summed E-state index contributed by atoms with van der Waals surface area (Å²) in [7, 11) is 0. The number of nitrogen functional groups attached to an aromatic ring is 1. The van der Waals surface area contributed by atoms with Crippen LogP contribution in [0, 0.1) is 5.82 Å². The first-order valence-corrected chi connectivity index (χ1v) is 7.01. The Hall–Kier alpha value is -1.88. The molecule has 0 unspecified atom stereocenters. The molecule has 0 spiro atoms. The third-order valence-corrected chi connectivity index (χ3v) is 4.05. The molecule has 0 saturated heterocycles. The van der Waals surface area contributed by atoms with Gasteiger partial charge < -0.3 is 10.6 Å². The van der Waals surface area contributed by atoms with Gasteiger partial charge in [0, 0.05) is 23.5 Å². The van der Waals surface area contributed by atoms with Crippen LogP contribution in [0.5, 0.6) is 0 Å². The summed E-state index contributed by atoms with van der Waals surface area (Å²) in [5.41, 5.74) is 8.68. The van der Waals surface area contributed by atoms with Gasteiger partial charge >= 0.3 is 0 Å². The molecule has 20 heavy (non-hydrogen) atoms. The second-order valence-corrected chi connectivity index (χ2v) is 5.58. The quantitative estimate of drug-likeness (QED) is 0.812. The van der Waals surface area contributed by atoms with E-state index in [1.807, 2.05) is 12.1 Å². The van der Waals surface area contributed by atoms with E-state index in [1.165, 1.54) is 6.07 Å². The van der Waals surface area contributed by atoms with Crippen LogP contribution in [0.15, 0.2) is 40.9 Å². The molecule has 102 valence electrons. The molecular weight excluding hydrogens is 323 g/mol. The van der Waals surface area contributed by atoms with Crippen molar-refractivity contribution in [2.75, 3.05) is 17.2 Å². The van der Waals surface area contributed by atoms with Crippen molar-refractivity contribution in [3.63, 3.8) is 0 Å². The maximum absolute atomic E-state index is 13.5. The van der Waals surface area contributed by atoms with Gasteiger partial charge in [0.25, 0.3) is 5.91 Å². The molecule has 2 N–H and O–H groups in total. The molecule has 0 aromatic heterocycles. The number of nitrogens with two attached hydrogens (primary N) is 1. The van der Waals surface area contributed by atoms with Crippen LogP contribution in [0.3, 0.4) is 0 Å². The number of carbonyl (C=O) groups is 1. The molecule has 2 aromatic rings. The number of benzene rings is 2. The third-order valence-electron chi connectivity index (χ3n) is 3.41. The smallest absolute Gasteiger partial charge is 0.258 e. The van der Waals surface area contributed by atoms with Crippen molar-refractivity contribution >= 4 is 33.2 Å². The van der Waals surface area contributed by atoms with Crippen LogP contribution in [0.2, 0.25) is 0 Å². The summed E-state index contributed by atoms with van der Waals surface area (Å²) in [6.07, 6.45) is 0.769. The molecule has 1 heterocycles. The number of fused-ring (bicyclic) bond motifs is 1. The number of hydrogen-bond donors (Lipinski definition) is 1. The Labute approximate surface area is 124 Å². The van der Waals surface area contributed by atoms with Crippen LogP contribution in [0.25, 0.3) is 0 Å². The molecule has 3 nitrogen and oxygen atoms in total. The van der Waals surface area contributed by atoms with E-state index in [0.29, 0.717) is 22.3 Å². The molecule has 0 bridgehead atoms. The van der Waals surface area contributed by atoms with Gasteiger partial charge in [0.05, 0.1) is 4.47 Å². The fourth-order valence-electron chi connectivity index (χ4n) is 2.42. The number of rotatable bonds is 1. The number of hydrogen-bond acceptors (Lipinski definition) is 2. The molecule has 2 aromatic carbocycles. The minimum atomic E-state index is -0.437. The molecule has 0 aliphatic carbocycles. The first-order valence-electron chi connectivity index (χ1n) is 6.21. The topological polar surface area (TPSA) is 46.3 Å². The van der Waals surface area contributed by atoms with Crippen LogP contribution in [-0.2, 0) is 6.42 Å². The normalized spacial score (nSPS) is 13.4. The Bertz CT molecular complexity index is 702. The highest BCUT2D eigenvalue weighted by Gasteiger charge is 2.25. The molecular formula is C15H12BrFN2O. The van der Waals surface area contributed by atoms with Crippen molar-refractivity contribution in [3.05, 3.63) is 57.8 Å². The van der Waals surface area contributed by atoms with E-state index < -0.39 is 5.82 Å². The zero-order valence-electron chi connectivity index (χ0n) is 10.6. The Kier molecular flexibility index (Phi) is 3.22. The Morgan fingerprint density at radius 3 is 2.80 bits per heavy atom. The van der Waals surface area contributed by atoms with Crippen LogP contribution in [0.4, 0.5) is 15.8 Å². The van der Waals surface area contributed by atoms with Gasteiger partial charge in [-0.15, -0.1) is 0 Å². The highest BCUT2D eigenvalue weighted by Crippen LogP contribution is 2.31. The summed E-state index contributed by atoms with van der Waals surface area (Å²) in [6.45, 7) is 0.593. The van der Waals surface area contributed by atoms with Crippen molar-refractivity contribution in [2.24, 2.45) is 0 Å². The van der Waals surface area contributed by atoms with E-state index in [4.69, 9.17) is 5.73 Å². The molecule has 1 amide bonds. The molecule has 0 atom stereocenters. The van der Waals surface area contributed by atoms with Gasteiger partial charge in [-0.2, -0.15) is 0 Å². The summed E-state index contributed by atoms with van der Waals surface area (Å²) in [5, 5.41) is 0. The first-order chi connectivity index (χ1) is 9.56. The predicted octanol–water partition coefficient (Wildman–Crippen LogP) is 3.37. The van der Waals surface area contributed by atoms with Gasteiger partial charge in [-0.1, -0.05) is 0 Å². The minimum Gasteiger partial charge on any atom is -0.399 e. The summed E-state index contributed by atoms with van der Waals surface area (Å²) < 4.78 is 13.9. The number of amides is 1. The van der Waals surface area contributed by atoms with Crippen LogP contribution < -0.4 is 10.6 Å². The summed E-state index contributed by atoms with van der Waals surface area (Å²) >= 11 is 3.08. The summed E-state index contributed by atoms with van der Waals surface area (Å²) in [5.74, 6) is -0.632. The van der Waals surface area contributed by atoms with Gasteiger partial charge in [-0.05, 0) is 64.3 Å². The fraction of sp³-hybridized carbons (Fsp3) is 0.133. The van der Waals surface area contributed by atoms with Crippen LogP contribution in [-0.4, -0.2) is 12.5 Å².